The molecule has 0 unspecified atom stereocenters. The van der Waals surface area contributed by atoms with Crippen molar-refractivity contribution >= 4 is 28.8 Å². The number of furan rings is 1. The molecule has 1 atom stereocenters. The number of fused-ring (bicyclic) bond motifs is 1. The molecule has 0 saturated carbocycles. The van der Waals surface area contributed by atoms with E-state index in [9.17, 15) is 14.4 Å². The van der Waals surface area contributed by atoms with Crippen molar-refractivity contribution < 1.29 is 28.3 Å². The van der Waals surface area contributed by atoms with Crippen molar-refractivity contribution in [3.8, 4) is 5.75 Å². The molecule has 8 heteroatoms. The van der Waals surface area contributed by atoms with Gasteiger partial charge in [-0.2, -0.15) is 0 Å². The first-order valence-electron chi connectivity index (χ1n) is 8.89. The number of rotatable bonds is 8. The number of hydrogen-bond acceptors (Lipinski definition) is 6. The topological polar surface area (TPSA) is 121 Å². The number of nitrogens with one attached hydrogen (secondary N) is 1. The summed E-state index contributed by atoms with van der Waals surface area (Å²) in [5.74, 6) is -1.15. The molecule has 3 aromatic rings. The van der Waals surface area contributed by atoms with Crippen LogP contribution in [0.15, 0.2) is 59.0 Å². The van der Waals surface area contributed by atoms with Crippen LogP contribution in [-0.2, 0) is 14.3 Å². The minimum Gasteiger partial charge on any atom is -0.481 e. The van der Waals surface area contributed by atoms with E-state index in [-0.39, 0.29) is 11.3 Å². The number of esters is 1. The third-order valence-corrected chi connectivity index (χ3v) is 4.11. The summed E-state index contributed by atoms with van der Waals surface area (Å²) in [4.78, 5) is 35.2. The van der Waals surface area contributed by atoms with Crippen LogP contribution >= 0.6 is 0 Å². The van der Waals surface area contributed by atoms with Crippen molar-refractivity contribution in [1.29, 1.82) is 0 Å². The van der Waals surface area contributed by atoms with Crippen molar-refractivity contribution in [2.75, 3.05) is 13.2 Å². The van der Waals surface area contributed by atoms with Gasteiger partial charge in [0.15, 0.2) is 13.2 Å². The molecule has 3 N–H and O–H groups in total. The summed E-state index contributed by atoms with van der Waals surface area (Å²) in [7, 11) is 0. The van der Waals surface area contributed by atoms with Crippen LogP contribution in [0.2, 0.25) is 0 Å². The number of ether oxygens (including phenoxy) is 2. The number of benzene rings is 2. The number of para-hydroxylation sites is 2. The Morgan fingerprint density at radius 2 is 1.79 bits per heavy atom. The highest BCUT2D eigenvalue weighted by Crippen LogP contribution is 2.23. The van der Waals surface area contributed by atoms with E-state index in [1.807, 2.05) is 30.3 Å². The molecule has 0 aliphatic rings. The van der Waals surface area contributed by atoms with Crippen molar-refractivity contribution in [2.45, 2.75) is 13.0 Å². The number of primary amides is 1. The predicted octanol–water partition coefficient (Wildman–Crippen LogP) is 2.33. The van der Waals surface area contributed by atoms with Gasteiger partial charge in [-0.15, -0.1) is 0 Å². The second kappa shape index (κ2) is 8.92. The molecule has 0 radical (unpaired) electrons. The molecular weight excluding hydrogens is 376 g/mol. The fraction of sp³-hybridized carbons (Fsp3) is 0.190. The summed E-state index contributed by atoms with van der Waals surface area (Å²) < 4.78 is 15.8. The first kappa shape index (κ1) is 19.9. The molecule has 2 amide bonds. The average Bonchev–Trinajstić information content (AvgIpc) is 3.15. The van der Waals surface area contributed by atoms with Crippen molar-refractivity contribution in [3.63, 3.8) is 0 Å². The zero-order valence-electron chi connectivity index (χ0n) is 15.7. The van der Waals surface area contributed by atoms with E-state index in [0.29, 0.717) is 5.76 Å². The Morgan fingerprint density at radius 3 is 2.55 bits per heavy atom. The molecule has 8 nitrogen and oxygen atoms in total. The van der Waals surface area contributed by atoms with Gasteiger partial charge in [0.2, 0.25) is 0 Å². The molecule has 0 spiro atoms. The van der Waals surface area contributed by atoms with Crippen LogP contribution in [0.5, 0.6) is 5.75 Å². The first-order valence-corrected chi connectivity index (χ1v) is 8.89. The lowest BCUT2D eigenvalue weighted by molar-refractivity contribution is -0.150. The maximum absolute atomic E-state index is 12.0. The molecule has 0 aliphatic carbocycles. The molecule has 150 valence electrons. The Kier molecular flexibility index (Phi) is 6.13. The van der Waals surface area contributed by atoms with E-state index in [0.717, 1.165) is 11.0 Å². The normalized spacial score (nSPS) is 11.6. The van der Waals surface area contributed by atoms with Crippen LogP contribution in [0.25, 0.3) is 11.0 Å². The summed E-state index contributed by atoms with van der Waals surface area (Å²) >= 11 is 0. The average molecular weight is 396 g/mol. The number of carbonyl (C=O) groups excluding carboxylic acids is 3. The lowest BCUT2D eigenvalue weighted by Gasteiger charge is -2.12. The quantitative estimate of drug-likeness (QED) is 0.564. The Bertz CT molecular complexity index is 1010. The number of amides is 2. The Labute approximate surface area is 166 Å². The maximum atomic E-state index is 12.0. The van der Waals surface area contributed by atoms with Crippen LogP contribution in [0.1, 0.15) is 29.1 Å². The van der Waals surface area contributed by atoms with Crippen LogP contribution in [0.4, 0.5) is 0 Å². The lowest BCUT2D eigenvalue weighted by atomic mass is 10.2. The summed E-state index contributed by atoms with van der Waals surface area (Å²) in [6, 6.07) is 15.2. The molecule has 1 heterocycles. The maximum Gasteiger partial charge on any atom is 0.344 e. The van der Waals surface area contributed by atoms with Gasteiger partial charge in [0.25, 0.3) is 11.8 Å². The lowest BCUT2D eigenvalue weighted by Crippen LogP contribution is -2.31. The SMILES string of the molecule is C[C@H](NC(=O)COC(=O)COc1ccccc1C(N)=O)c1cc2ccccc2o1. The molecule has 2 aromatic carbocycles. The van der Waals surface area contributed by atoms with E-state index < -0.39 is 37.0 Å². The second-order valence-corrected chi connectivity index (χ2v) is 6.29. The highest BCUT2D eigenvalue weighted by molar-refractivity contribution is 5.95. The third-order valence-electron chi connectivity index (χ3n) is 4.11. The van der Waals surface area contributed by atoms with Crippen LogP contribution in [-0.4, -0.2) is 31.0 Å². The molecule has 0 saturated heterocycles. The smallest absolute Gasteiger partial charge is 0.344 e. The van der Waals surface area contributed by atoms with Gasteiger partial charge in [-0.1, -0.05) is 30.3 Å². The minimum absolute atomic E-state index is 0.151. The molecule has 0 bridgehead atoms. The summed E-state index contributed by atoms with van der Waals surface area (Å²) in [6.45, 7) is 0.836. The highest BCUT2D eigenvalue weighted by Gasteiger charge is 2.16. The molecule has 0 aliphatic heterocycles. The summed E-state index contributed by atoms with van der Waals surface area (Å²) in [5.41, 5.74) is 6.12. The van der Waals surface area contributed by atoms with Crippen molar-refractivity contribution in [1.82, 2.24) is 5.32 Å². The predicted molar refractivity (Wildman–Crippen MR) is 104 cm³/mol. The Balaban J connectivity index is 1.46. The van der Waals surface area contributed by atoms with Gasteiger partial charge < -0.3 is 24.9 Å². The fourth-order valence-corrected chi connectivity index (χ4v) is 2.69. The summed E-state index contributed by atoms with van der Waals surface area (Å²) in [5, 5.41) is 3.63. The Hall–Kier alpha value is -3.81. The van der Waals surface area contributed by atoms with E-state index >= 15 is 0 Å². The minimum atomic E-state index is -0.754. The van der Waals surface area contributed by atoms with Gasteiger partial charge >= 0.3 is 5.97 Å². The number of hydrogen-bond donors (Lipinski definition) is 2. The fourth-order valence-electron chi connectivity index (χ4n) is 2.69. The Morgan fingerprint density at radius 1 is 1.07 bits per heavy atom. The zero-order valence-corrected chi connectivity index (χ0v) is 15.7. The molecule has 3 rings (SSSR count). The van der Waals surface area contributed by atoms with Crippen LogP contribution in [0.3, 0.4) is 0 Å². The largest absolute Gasteiger partial charge is 0.481 e. The van der Waals surface area contributed by atoms with Gasteiger partial charge in [0, 0.05) is 5.39 Å². The molecule has 29 heavy (non-hydrogen) atoms. The second-order valence-electron chi connectivity index (χ2n) is 6.29. The van der Waals surface area contributed by atoms with E-state index in [1.165, 1.54) is 12.1 Å². The first-order chi connectivity index (χ1) is 13.9. The standard InChI is InChI=1S/C21H20N2O6/c1-13(18-10-14-6-2-4-8-16(14)29-18)23-19(24)11-28-20(25)12-27-17-9-5-3-7-15(17)21(22)26/h2-10,13H,11-12H2,1H3,(H2,22,26)(H,23,24)/t13-/m0/s1. The zero-order chi connectivity index (χ0) is 20.8. The molecular formula is C21H20N2O6. The van der Waals surface area contributed by atoms with Gasteiger partial charge in [0.05, 0.1) is 11.6 Å². The van der Waals surface area contributed by atoms with Crippen molar-refractivity contribution in [2.24, 2.45) is 5.73 Å². The van der Waals surface area contributed by atoms with E-state index in [1.54, 1.807) is 19.1 Å². The molecule has 1 aromatic heterocycles. The van der Waals surface area contributed by atoms with Crippen LogP contribution in [0, 0.1) is 0 Å². The van der Waals surface area contributed by atoms with Gasteiger partial charge in [-0.3, -0.25) is 9.59 Å². The third kappa shape index (κ3) is 5.13. The number of nitrogens with two attached hydrogens (primary N) is 1. The highest BCUT2D eigenvalue weighted by atomic mass is 16.6. The van der Waals surface area contributed by atoms with E-state index in [4.69, 9.17) is 19.6 Å². The van der Waals surface area contributed by atoms with Gasteiger partial charge in [0.1, 0.15) is 17.1 Å². The molecule has 0 fully saturated rings. The van der Waals surface area contributed by atoms with Crippen LogP contribution < -0.4 is 15.8 Å². The monoisotopic (exact) mass is 396 g/mol. The van der Waals surface area contributed by atoms with Crippen molar-refractivity contribution in [3.05, 3.63) is 65.9 Å². The van der Waals surface area contributed by atoms with Gasteiger partial charge in [-0.25, -0.2) is 4.79 Å². The number of carbonyl (C=O) groups is 3. The van der Waals surface area contributed by atoms with E-state index in [2.05, 4.69) is 5.32 Å². The van der Waals surface area contributed by atoms with Gasteiger partial charge in [-0.05, 0) is 31.2 Å². The summed E-state index contributed by atoms with van der Waals surface area (Å²) in [6.07, 6.45) is 0.